The number of ether oxygens (including phenoxy) is 4. The molecule has 6 aromatic rings. The van der Waals surface area contributed by atoms with Crippen molar-refractivity contribution in [3.05, 3.63) is 149 Å². The number of hydroxylamine groups is 2. The van der Waals surface area contributed by atoms with Crippen LogP contribution in [0.25, 0.3) is 44.6 Å². The third-order valence-electron chi connectivity index (χ3n) is 25.4. The predicted octanol–water partition coefficient (Wildman–Crippen LogP) is 6.59. The molecule has 728 valence electrons. The number of benzene rings is 2. The number of aliphatic hydroxyl groups is 2. The van der Waals surface area contributed by atoms with Crippen LogP contribution in [0.2, 0.25) is 0 Å². The molecule has 37 nitrogen and oxygen atoms in total. The number of esters is 2. The van der Waals surface area contributed by atoms with Crippen LogP contribution in [0.15, 0.2) is 70.3 Å². The molecule has 1 fully saturated rings. The van der Waals surface area contributed by atoms with E-state index in [1.165, 1.54) is 50.3 Å². The molecule has 8 N–H and O–H groups in total. The van der Waals surface area contributed by atoms with E-state index in [4.69, 9.17) is 39.5 Å². The normalized spacial score (nSPS) is 17.9. The maximum atomic E-state index is 14.8. The average molecular weight is 1890 g/mol. The van der Waals surface area contributed by atoms with Gasteiger partial charge in [-0.2, -0.15) is 0 Å². The fourth-order valence-electron chi connectivity index (χ4n) is 17.0. The number of aryl methyl sites for hydroxylation is 4. The highest BCUT2D eigenvalue weighted by molar-refractivity contribution is 6.13. The number of carbonyl (C=O) groups excluding carboxylic acids is 16. The number of nitrogens with zero attached hydrogens (tertiary/aromatic N) is 7. The number of aromatic nitrogens is 4. The summed E-state index contributed by atoms with van der Waals surface area (Å²) >= 11 is 0. The van der Waals surface area contributed by atoms with E-state index in [0.717, 1.165) is 42.8 Å². The van der Waals surface area contributed by atoms with Gasteiger partial charge in [0, 0.05) is 158 Å². The Morgan fingerprint density at radius 3 is 1.30 bits per heavy atom. The molecule has 0 bridgehead atoms. The highest BCUT2D eigenvalue weighted by Crippen LogP contribution is 2.44. The Kier molecular flexibility index (Phi) is 34.7. The lowest BCUT2D eigenvalue weighted by Gasteiger charge is -2.31. The summed E-state index contributed by atoms with van der Waals surface area (Å²) < 4.78 is 54.4. The van der Waals surface area contributed by atoms with Gasteiger partial charge in [0.25, 0.3) is 46.6 Å². The van der Waals surface area contributed by atoms with E-state index in [1.54, 1.807) is 88.8 Å². The van der Waals surface area contributed by atoms with E-state index in [1.807, 2.05) is 0 Å². The molecule has 10 amide bonds. The molecule has 11 heterocycles. The molecule has 0 aliphatic carbocycles. The number of halogens is 2. The number of hydrogen-bond acceptors (Lipinski definition) is 28. The van der Waals surface area contributed by atoms with Gasteiger partial charge < -0.3 is 70.1 Å². The maximum Gasteiger partial charge on any atom is 0.343 e. The molecular weight excluding hydrogens is 1770 g/mol. The van der Waals surface area contributed by atoms with Crippen molar-refractivity contribution in [2.24, 2.45) is 23.5 Å². The Hall–Kier alpha value is -13.0. The van der Waals surface area contributed by atoms with E-state index < -0.39 is 106 Å². The maximum absolute atomic E-state index is 14.8. The second-order valence-corrected chi connectivity index (χ2v) is 35.4. The van der Waals surface area contributed by atoms with Crippen LogP contribution < -0.4 is 38.1 Å². The van der Waals surface area contributed by atoms with Crippen LogP contribution in [0, 0.1) is 43.2 Å². The summed E-state index contributed by atoms with van der Waals surface area (Å²) in [5.74, 6) is -9.76. The van der Waals surface area contributed by atoms with Crippen LogP contribution in [0.3, 0.4) is 0 Å². The summed E-state index contributed by atoms with van der Waals surface area (Å²) in [5, 5.41) is 35.0. The molecule has 0 radical (unpaired) electrons. The molecular formula is C97H116F2N12O25. The molecule has 39 heteroatoms. The summed E-state index contributed by atoms with van der Waals surface area (Å²) in [5.41, 5.74) is 8.76. The summed E-state index contributed by atoms with van der Waals surface area (Å²) in [6.45, 7) is 17.1. The first-order valence-corrected chi connectivity index (χ1v) is 46.0. The Morgan fingerprint density at radius 1 is 0.500 bits per heavy atom. The fraction of sp³-hybridized carbons (Fsp3) is 0.505. The molecule has 136 heavy (non-hydrogen) atoms. The van der Waals surface area contributed by atoms with Gasteiger partial charge in [-0.25, -0.2) is 33.1 Å². The lowest BCUT2D eigenvalue weighted by molar-refractivity contribution is -0.197. The second kappa shape index (κ2) is 45.6. The lowest BCUT2D eigenvalue weighted by atomic mass is 9.86. The monoisotopic (exact) mass is 1890 g/mol. The number of unbranched alkanes of at least 4 members (excludes halogenated alkanes) is 6. The minimum Gasteiger partial charge on any atom is -0.458 e. The van der Waals surface area contributed by atoms with Crippen molar-refractivity contribution in [3.8, 4) is 22.8 Å². The van der Waals surface area contributed by atoms with Gasteiger partial charge in [-0.15, -0.1) is 5.06 Å². The van der Waals surface area contributed by atoms with Gasteiger partial charge >= 0.3 is 17.9 Å². The van der Waals surface area contributed by atoms with Crippen LogP contribution in [0.4, 0.5) is 8.78 Å². The molecule has 1 saturated heterocycles. The summed E-state index contributed by atoms with van der Waals surface area (Å²) in [6.07, 6.45) is 12.4. The number of amides is 10. The molecule has 0 unspecified atom stereocenters. The minimum absolute atomic E-state index is 0.00704. The Labute approximate surface area is 781 Å². The topological polar surface area (TPSA) is 513 Å². The number of Topliss-reactive ketones (excluding diaryl/α,β-unsaturated/α-hetero) is 3. The van der Waals surface area contributed by atoms with Gasteiger partial charge in [-0.05, 0) is 158 Å². The fourth-order valence-corrected chi connectivity index (χ4v) is 17.0. The van der Waals surface area contributed by atoms with E-state index >= 15 is 0 Å². The first kappa shape index (κ1) is 104. The Morgan fingerprint density at radius 2 is 0.897 bits per heavy atom. The van der Waals surface area contributed by atoms with E-state index in [0.29, 0.717) is 153 Å². The van der Waals surface area contributed by atoms with Crippen LogP contribution in [0.5, 0.6) is 0 Å². The van der Waals surface area contributed by atoms with E-state index in [-0.39, 0.29) is 178 Å². The van der Waals surface area contributed by atoms with Crippen molar-refractivity contribution in [1.29, 1.82) is 0 Å². The Bertz CT molecular complexity index is 5930. The lowest BCUT2D eigenvalue weighted by Crippen LogP contribution is -2.46. The molecule has 2 aromatic carbocycles. The number of rotatable bonds is 43. The third-order valence-corrected chi connectivity index (χ3v) is 25.4. The highest BCUT2D eigenvalue weighted by atomic mass is 19.1. The summed E-state index contributed by atoms with van der Waals surface area (Å²) in [6, 6.07) is 7.15. The van der Waals surface area contributed by atoms with Crippen molar-refractivity contribution in [2.45, 2.75) is 260 Å². The predicted molar refractivity (Wildman–Crippen MR) is 483 cm³/mol. The molecule has 4 aromatic heterocycles. The molecule has 8 atom stereocenters. The van der Waals surface area contributed by atoms with Gasteiger partial charge in [0.05, 0.1) is 76.2 Å². The van der Waals surface area contributed by atoms with Crippen LogP contribution in [-0.2, 0) is 151 Å². The van der Waals surface area contributed by atoms with Crippen molar-refractivity contribution in [3.63, 3.8) is 0 Å². The minimum atomic E-state index is -1.98. The average Bonchev–Trinajstić information content (AvgIpc) is 1.58. The standard InChI is InChI=1S/C47H56FN5O11.C36H44FN5O8.C14H16N2O6/c1-6-47(62)35-21-38-42-33(23-53(38)45(60)34(35)24-64-46(47)61)31(32-19-26(2)36(48)22-37(32)51-42)13-9-11-17-63-25-49-43(58)28(4)20-39(55)29(5)50-44(59)27(3)18-30(54)12-8-7-10-16-52-40(56)14-15-41(52)57;1-6-36(48)26-13-29-31-24(15-42(29)34(46)25(26)16-50-35(36)47)22(23-11-18(2)27(37)14-28(23)41-31)9-7-8-10-49-17-39-32(44)19(3)12-30(43)21(5)40-33(45)20(4)38;17-10-5-6-11(18)15(10)9-3-1-2-4-14(21)22-16-12(19)7-8-13(16)20/h14-15,19,21-22,27-29,62H,6-13,16-18,20,23-25H2,1-5H3,(H,49,58)(H,50,59);11,13-14,19-21,48H,6-10,12,15-17,38H2,1-5H3,(H,39,44)(H,40,45);5-6H,1-4,7-9H2/t27-,28-,29+,47+;19-,20+,21+,36+;/m11./s1. The molecule has 7 aliphatic heterocycles. The number of nitrogens with one attached hydrogen (secondary N) is 4. The second-order valence-electron chi connectivity index (χ2n) is 35.4. The number of hydrogen-bond donors (Lipinski definition) is 7. The number of ketones is 3. The molecule has 0 saturated carbocycles. The zero-order valence-electron chi connectivity index (χ0n) is 77.9. The van der Waals surface area contributed by atoms with Crippen molar-refractivity contribution in [1.82, 2.24) is 55.2 Å². The molecule has 7 aliphatic rings. The van der Waals surface area contributed by atoms with Gasteiger partial charge in [0.2, 0.25) is 23.6 Å². The van der Waals surface area contributed by atoms with Crippen LogP contribution in [0.1, 0.15) is 233 Å². The highest BCUT2D eigenvalue weighted by Gasteiger charge is 2.48. The molecule has 0 spiro atoms. The van der Waals surface area contributed by atoms with Crippen molar-refractivity contribution in [2.75, 3.05) is 39.8 Å². The number of carbonyl (C=O) groups is 16. The zero-order chi connectivity index (χ0) is 99.1. The first-order chi connectivity index (χ1) is 64.6. The van der Waals surface area contributed by atoms with E-state index in [2.05, 4.69) is 21.3 Å². The SMILES string of the molecule is CC[C@@]1(O)C(=O)OCc2c1cc1n(c2=O)Cc2c-1nc1cc(F)c(C)cc1c2CCCCOCNC(=O)[C@H](C)CC(=O)[C@H](C)NC(=O)[C@H](C)CC(=O)CCCCCN1C(=O)C=CC1=O.CC[C@@]1(O)C(=O)OCc2c1cc1n(c2=O)Cc2c-1nc1cc(F)c(C)cc1c2CCCCOCNC(=O)[C@H](C)CC(=O)[C@H](C)NC(=O)[C@H](C)N.O=C(CCCCCN1C(=O)C=CC1=O)ON1C(=O)CCC1=O. The Balaban J connectivity index is 0.000000218. The number of cyclic esters (lactones) is 2. The van der Waals surface area contributed by atoms with Crippen molar-refractivity contribution < 1.29 is 119 Å². The van der Waals surface area contributed by atoms with Gasteiger partial charge in [0.15, 0.2) is 22.8 Å². The summed E-state index contributed by atoms with van der Waals surface area (Å²) in [4.78, 5) is 237. The largest absolute Gasteiger partial charge is 0.458 e. The number of nitrogens with two attached hydrogens (primary N) is 1. The van der Waals surface area contributed by atoms with Gasteiger partial charge in [0.1, 0.15) is 44.1 Å². The first-order valence-electron chi connectivity index (χ1n) is 46.0. The van der Waals surface area contributed by atoms with Crippen molar-refractivity contribution >= 4 is 116 Å². The van der Waals surface area contributed by atoms with Gasteiger partial charge in [-0.3, -0.25) is 81.7 Å². The quantitative estimate of drug-likeness (QED) is 0.00917. The zero-order valence-corrected chi connectivity index (χ0v) is 77.9. The number of pyridine rings is 4. The number of imide groups is 3. The van der Waals surface area contributed by atoms with Gasteiger partial charge in [-0.1, -0.05) is 47.5 Å². The van der Waals surface area contributed by atoms with Crippen LogP contribution in [-0.4, -0.2) is 196 Å². The number of fused-ring (bicyclic) bond motifs is 10. The molecule has 13 rings (SSSR count). The third kappa shape index (κ3) is 23.9. The van der Waals surface area contributed by atoms with E-state index in [9.17, 15) is 105 Å². The smallest absolute Gasteiger partial charge is 0.343 e. The van der Waals surface area contributed by atoms with Crippen LogP contribution >= 0.6 is 0 Å². The summed E-state index contributed by atoms with van der Waals surface area (Å²) in [7, 11) is 0.